The van der Waals surface area contributed by atoms with Gasteiger partial charge in [-0.1, -0.05) is 0 Å². The number of piperidine rings is 1. The highest BCUT2D eigenvalue weighted by atomic mass is 19.4. The van der Waals surface area contributed by atoms with Gasteiger partial charge in [0.1, 0.15) is 5.69 Å². The Morgan fingerprint density at radius 1 is 1.50 bits per heavy atom. The SMILES string of the molecule is CCn1cc(N)cc1C(=O)N1CCCC(C(F)(F)F)C1. The van der Waals surface area contributed by atoms with E-state index in [4.69, 9.17) is 5.73 Å². The van der Waals surface area contributed by atoms with E-state index >= 15 is 0 Å². The highest BCUT2D eigenvalue weighted by Crippen LogP contribution is 2.33. The second-order valence-corrected chi connectivity index (χ2v) is 5.08. The van der Waals surface area contributed by atoms with Gasteiger partial charge in [0, 0.05) is 25.8 Å². The van der Waals surface area contributed by atoms with Gasteiger partial charge in [0.25, 0.3) is 5.91 Å². The van der Waals surface area contributed by atoms with E-state index in [0.717, 1.165) is 0 Å². The molecule has 0 bridgehead atoms. The van der Waals surface area contributed by atoms with Gasteiger partial charge in [0.2, 0.25) is 0 Å². The average molecular weight is 289 g/mol. The normalized spacial score (nSPS) is 20.2. The maximum atomic E-state index is 12.8. The second-order valence-electron chi connectivity index (χ2n) is 5.08. The van der Waals surface area contributed by atoms with Crippen LogP contribution in [0.2, 0.25) is 0 Å². The summed E-state index contributed by atoms with van der Waals surface area (Å²) in [5.41, 5.74) is 6.45. The van der Waals surface area contributed by atoms with Crippen LogP contribution in [-0.2, 0) is 6.54 Å². The minimum Gasteiger partial charge on any atom is -0.397 e. The van der Waals surface area contributed by atoms with Crippen LogP contribution < -0.4 is 5.73 Å². The lowest BCUT2D eigenvalue weighted by Gasteiger charge is -2.33. The predicted molar refractivity (Wildman–Crippen MR) is 69.2 cm³/mol. The Kier molecular flexibility index (Phi) is 3.96. The molecule has 20 heavy (non-hydrogen) atoms. The molecule has 1 amide bonds. The smallest absolute Gasteiger partial charge is 0.393 e. The van der Waals surface area contributed by atoms with Crippen molar-refractivity contribution in [3.63, 3.8) is 0 Å². The van der Waals surface area contributed by atoms with Crippen molar-refractivity contribution < 1.29 is 18.0 Å². The molecule has 1 saturated heterocycles. The van der Waals surface area contributed by atoms with Crippen LogP contribution in [0.15, 0.2) is 12.3 Å². The lowest BCUT2D eigenvalue weighted by Crippen LogP contribution is -2.45. The number of rotatable bonds is 2. The van der Waals surface area contributed by atoms with Gasteiger partial charge in [-0.05, 0) is 25.8 Å². The van der Waals surface area contributed by atoms with Gasteiger partial charge < -0.3 is 15.2 Å². The fourth-order valence-electron chi connectivity index (χ4n) is 2.56. The third-order valence-electron chi connectivity index (χ3n) is 3.65. The van der Waals surface area contributed by atoms with Crippen molar-refractivity contribution >= 4 is 11.6 Å². The van der Waals surface area contributed by atoms with Crippen LogP contribution >= 0.6 is 0 Å². The van der Waals surface area contributed by atoms with Crippen LogP contribution in [0, 0.1) is 5.92 Å². The number of carbonyl (C=O) groups is 1. The van der Waals surface area contributed by atoms with Gasteiger partial charge in [-0.2, -0.15) is 13.2 Å². The van der Waals surface area contributed by atoms with E-state index in [1.807, 2.05) is 6.92 Å². The lowest BCUT2D eigenvalue weighted by molar-refractivity contribution is -0.184. The first-order valence-corrected chi connectivity index (χ1v) is 6.64. The predicted octanol–water partition coefficient (Wildman–Crippen LogP) is 2.50. The minimum atomic E-state index is -4.25. The molecule has 1 aliphatic rings. The fraction of sp³-hybridized carbons (Fsp3) is 0.615. The number of alkyl halides is 3. The quantitative estimate of drug-likeness (QED) is 0.909. The van der Waals surface area contributed by atoms with Crippen molar-refractivity contribution in [1.29, 1.82) is 0 Å². The Balaban J connectivity index is 2.16. The molecular weight excluding hydrogens is 271 g/mol. The number of aryl methyl sites for hydroxylation is 1. The lowest BCUT2D eigenvalue weighted by atomic mass is 9.97. The summed E-state index contributed by atoms with van der Waals surface area (Å²) in [6.45, 7) is 2.50. The number of amides is 1. The summed E-state index contributed by atoms with van der Waals surface area (Å²) in [5.74, 6) is -1.81. The number of nitrogens with two attached hydrogens (primary N) is 1. The maximum absolute atomic E-state index is 12.8. The van der Waals surface area contributed by atoms with Gasteiger partial charge in [0.05, 0.1) is 11.6 Å². The summed E-state index contributed by atoms with van der Waals surface area (Å²) < 4.78 is 40.0. The van der Waals surface area contributed by atoms with Gasteiger partial charge in [0.15, 0.2) is 0 Å². The Bertz CT molecular complexity index is 496. The van der Waals surface area contributed by atoms with Crippen LogP contribution in [0.1, 0.15) is 30.3 Å². The standard InChI is InChI=1S/C13H18F3N3O/c1-2-18-8-10(17)6-11(18)12(20)19-5-3-4-9(7-19)13(14,15)16/h6,8-9H,2-5,7,17H2,1H3. The summed E-state index contributed by atoms with van der Waals surface area (Å²) in [6, 6.07) is 1.52. The van der Waals surface area contributed by atoms with Gasteiger partial charge in [-0.25, -0.2) is 0 Å². The molecule has 1 fully saturated rings. The first-order valence-electron chi connectivity index (χ1n) is 6.64. The number of hydrogen-bond acceptors (Lipinski definition) is 2. The molecule has 1 aliphatic heterocycles. The van der Waals surface area contributed by atoms with Gasteiger partial charge in [-0.15, -0.1) is 0 Å². The van der Waals surface area contributed by atoms with E-state index in [2.05, 4.69) is 0 Å². The van der Waals surface area contributed by atoms with Crippen LogP contribution in [0.4, 0.5) is 18.9 Å². The molecular formula is C13H18F3N3O. The monoisotopic (exact) mass is 289 g/mol. The highest BCUT2D eigenvalue weighted by Gasteiger charge is 2.43. The Labute approximate surface area is 115 Å². The van der Waals surface area contributed by atoms with E-state index in [1.165, 1.54) is 11.0 Å². The van der Waals surface area contributed by atoms with E-state index in [9.17, 15) is 18.0 Å². The summed E-state index contributed by atoms with van der Waals surface area (Å²) in [6.07, 6.45) is -2.16. The molecule has 0 aliphatic carbocycles. The van der Waals surface area contributed by atoms with Crippen LogP contribution in [-0.4, -0.2) is 34.6 Å². The molecule has 2 heterocycles. The van der Waals surface area contributed by atoms with Crippen molar-refractivity contribution in [3.05, 3.63) is 18.0 Å². The molecule has 0 saturated carbocycles. The Hall–Kier alpha value is -1.66. The molecule has 1 atom stereocenters. The molecule has 0 spiro atoms. The number of carbonyl (C=O) groups excluding carboxylic acids is 1. The van der Waals surface area contributed by atoms with Gasteiger partial charge in [-0.3, -0.25) is 4.79 Å². The van der Waals surface area contributed by atoms with E-state index in [0.29, 0.717) is 30.9 Å². The molecule has 0 radical (unpaired) electrons. The van der Waals surface area contributed by atoms with Crippen molar-refractivity contribution in [2.75, 3.05) is 18.8 Å². The summed E-state index contributed by atoms with van der Waals surface area (Å²) >= 11 is 0. The number of hydrogen-bond donors (Lipinski definition) is 1. The third kappa shape index (κ3) is 2.91. The van der Waals surface area contributed by atoms with Crippen molar-refractivity contribution in [3.8, 4) is 0 Å². The number of nitrogen functional groups attached to an aromatic ring is 1. The summed E-state index contributed by atoms with van der Waals surface area (Å²) in [5, 5.41) is 0. The Morgan fingerprint density at radius 2 is 2.20 bits per heavy atom. The van der Waals surface area contributed by atoms with Crippen LogP contribution in [0.3, 0.4) is 0 Å². The first-order chi connectivity index (χ1) is 9.32. The van der Waals surface area contributed by atoms with Crippen molar-refractivity contribution in [2.24, 2.45) is 5.92 Å². The molecule has 4 nitrogen and oxygen atoms in total. The zero-order valence-corrected chi connectivity index (χ0v) is 11.3. The molecule has 1 unspecified atom stereocenters. The topological polar surface area (TPSA) is 51.3 Å². The van der Waals surface area contributed by atoms with Crippen molar-refractivity contribution in [1.82, 2.24) is 9.47 Å². The molecule has 2 rings (SSSR count). The number of likely N-dealkylation sites (tertiary alicyclic amines) is 1. The molecule has 7 heteroatoms. The number of nitrogens with zero attached hydrogens (tertiary/aromatic N) is 2. The van der Waals surface area contributed by atoms with Crippen molar-refractivity contribution in [2.45, 2.75) is 32.5 Å². The molecule has 112 valence electrons. The molecule has 1 aromatic rings. The average Bonchev–Trinajstić information content (AvgIpc) is 2.78. The second kappa shape index (κ2) is 5.38. The molecule has 0 aromatic carbocycles. The molecule has 2 N–H and O–H groups in total. The number of aromatic nitrogens is 1. The fourth-order valence-corrected chi connectivity index (χ4v) is 2.56. The number of halogens is 3. The van der Waals surface area contributed by atoms with E-state index in [1.54, 1.807) is 10.8 Å². The number of anilines is 1. The maximum Gasteiger partial charge on any atom is 0.393 e. The first kappa shape index (κ1) is 14.7. The van der Waals surface area contributed by atoms with Gasteiger partial charge >= 0.3 is 6.18 Å². The minimum absolute atomic E-state index is 0.0875. The van der Waals surface area contributed by atoms with Crippen LogP contribution in [0.5, 0.6) is 0 Å². The summed E-state index contributed by atoms with van der Waals surface area (Å²) in [4.78, 5) is 13.6. The molecule has 1 aromatic heterocycles. The zero-order valence-electron chi connectivity index (χ0n) is 11.3. The zero-order chi connectivity index (χ0) is 14.9. The van der Waals surface area contributed by atoms with Crippen LogP contribution in [0.25, 0.3) is 0 Å². The third-order valence-corrected chi connectivity index (χ3v) is 3.65. The van der Waals surface area contributed by atoms with E-state index in [-0.39, 0.29) is 18.9 Å². The Morgan fingerprint density at radius 3 is 2.80 bits per heavy atom. The largest absolute Gasteiger partial charge is 0.397 e. The summed E-state index contributed by atoms with van der Waals surface area (Å²) in [7, 11) is 0. The van der Waals surface area contributed by atoms with E-state index < -0.39 is 12.1 Å². The highest BCUT2D eigenvalue weighted by molar-refractivity contribution is 5.94.